The number of nitrogens with zero attached hydrogens (tertiary/aromatic N) is 2. The van der Waals surface area contributed by atoms with E-state index in [0.29, 0.717) is 12.0 Å². The average Bonchev–Trinajstić information content (AvgIpc) is 2.90. The second-order valence-corrected chi connectivity index (χ2v) is 8.83. The summed E-state index contributed by atoms with van der Waals surface area (Å²) < 4.78 is 39.6. The molecule has 0 spiro atoms. The van der Waals surface area contributed by atoms with E-state index in [0.717, 1.165) is 35.6 Å². The molecule has 0 radical (unpaired) electrons. The van der Waals surface area contributed by atoms with Crippen molar-refractivity contribution < 1.29 is 17.6 Å². The van der Waals surface area contributed by atoms with Crippen LogP contribution in [0.3, 0.4) is 0 Å². The van der Waals surface area contributed by atoms with E-state index in [1.807, 2.05) is 0 Å². The minimum atomic E-state index is -3.63. The van der Waals surface area contributed by atoms with Crippen molar-refractivity contribution in [1.82, 2.24) is 9.21 Å². The Bertz CT molecular complexity index is 751. The zero-order chi connectivity index (χ0) is 18.0. The van der Waals surface area contributed by atoms with Gasteiger partial charge in [-0.3, -0.25) is 0 Å². The van der Waals surface area contributed by atoms with E-state index >= 15 is 0 Å². The maximum absolute atomic E-state index is 13.4. The predicted octanol–water partition coefficient (Wildman–Crippen LogP) is 3.81. The summed E-state index contributed by atoms with van der Waals surface area (Å²) in [6.07, 6.45) is 6.17. The van der Waals surface area contributed by atoms with Crippen LogP contribution in [-0.2, 0) is 16.6 Å². The molecule has 0 aromatic heterocycles. The van der Waals surface area contributed by atoms with Gasteiger partial charge in [-0.25, -0.2) is 21.9 Å². The van der Waals surface area contributed by atoms with Crippen LogP contribution < -0.4 is 0 Å². The predicted molar refractivity (Wildman–Crippen MR) is 93.9 cm³/mol. The molecule has 1 saturated heterocycles. The van der Waals surface area contributed by atoms with Gasteiger partial charge in [0.15, 0.2) is 0 Å². The molecule has 2 heterocycles. The highest BCUT2D eigenvalue weighted by molar-refractivity contribution is 7.89. The lowest BCUT2D eigenvalue weighted by Gasteiger charge is -2.37. The fraction of sp³-hybridized carbons (Fsp3) is 0.611. The Kier molecular flexibility index (Phi) is 5.32. The van der Waals surface area contributed by atoms with Crippen molar-refractivity contribution in [3.05, 3.63) is 35.1 Å². The first-order chi connectivity index (χ1) is 11.9. The van der Waals surface area contributed by atoms with Crippen molar-refractivity contribution in [3.8, 4) is 0 Å². The van der Waals surface area contributed by atoms with Crippen molar-refractivity contribution in [2.45, 2.75) is 58.0 Å². The van der Waals surface area contributed by atoms with Gasteiger partial charge < -0.3 is 4.90 Å². The number of fused-ring (bicyclic) bond motifs is 3. The Morgan fingerprint density at radius 3 is 2.64 bits per heavy atom. The summed E-state index contributed by atoms with van der Waals surface area (Å²) in [5.41, 5.74) is 1.45. The van der Waals surface area contributed by atoms with Crippen LogP contribution in [-0.4, -0.2) is 36.0 Å². The average molecular weight is 368 g/mol. The van der Waals surface area contributed by atoms with E-state index in [-0.39, 0.29) is 24.7 Å². The molecule has 0 N–H and O–H groups in total. The molecule has 7 heteroatoms. The van der Waals surface area contributed by atoms with E-state index in [4.69, 9.17) is 0 Å². The first-order valence-electron chi connectivity index (χ1n) is 9.03. The van der Waals surface area contributed by atoms with Crippen molar-refractivity contribution in [2.75, 3.05) is 12.3 Å². The number of halogens is 1. The Hall–Kier alpha value is -1.63. The Labute approximate surface area is 148 Å². The Morgan fingerprint density at radius 2 is 1.88 bits per heavy atom. The third-order valence-corrected chi connectivity index (χ3v) is 6.81. The summed E-state index contributed by atoms with van der Waals surface area (Å²) in [4.78, 5) is 14.3. The van der Waals surface area contributed by atoms with Gasteiger partial charge in [-0.05, 0) is 29.7 Å². The van der Waals surface area contributed by atoms with Crippen LogP contribution in [0.5, 0.6) is 0 Å². The van der Waals surface area contributed by atoms with Crippen molar-refractivity contribution in [3.63, 3.8) is 0 Å². The lowest BCUT2D eigenvalue weighted by atomic mass is 10.1. The standard InChI is InChI=1S/C18H25FN2O3S/c1-2-3-4-5-6-7-10-21-18(22)20-12-14-11-15(19)8-9-16(14)17(20)13-25(21,23)24/h8-9,11,17H,2-7,10,12-13H2,1H3. The maximum atomic E-state index is 13.4. The van der Waals surface area contributed by atoms with Gasteiger partial charge in [0.25, 0.3) is 0 Å². The number of hydrogen-bond donors (Lipinski definition) is 0. The number of carbonyl (C=O) groups excluding carboxylic acids is 1. The maximum Gasteiger partial charge on any atom is 0.334 e. The molecule has 2 aliphatic rings. The number of hydrogen-bond acceptors (Lipinski definition) is 3. The molecule has 1 atom stereocenters. The van der Waals surface area contributed by atoms with Gasteiger partial charge in [-0.15, -0.1) is 0 Å². The summed E-state index contributed by atoms with van der Waals surface area (Å²) >= 11 is 0. The van der Waals surface area contributed by atoms with Crippen LogP contribution in [0.15, 0.2) is 18.2 Å². The largest absolute Gasteiger partial charge is 0.334 e. The number of amides is 2. The van der Waals surface area contributed by atoms with Crippen LogP contribution in [0.2, 0.25) is 0 Å². The molecule has 0 bridgehead atoms. The van der Waals surface area contributed by atoms with Gasteiger partial charge in [0, 0.05) is 13.1 Å². The molecule has 25 heavy (non-hydrogen) atoms. The Balaban J connectivity index is 1.67. The van der Waals surface area contributed by atoms with Crippen LogP contribution in [0.1, 0.15) is 62.6 Å². The number of sulfonamides is 1. The molecule has 1 aromatic carbocycles. The lowest BCUT2D eigenvalue weighted by Crippen LogP contribution is -2.53. The molecule has 1 aromatic rings. The highest BCUT2D eigenvalue weighted by atomic mass is 32.2. The molecule has 1 unspecified atom stereocenters. The second-order valence-electron chi connectivity index (χ2n) is 6.89. The molecule has 5 nitrogen and oxygen atoms in total. The zero-order valence-corrected chi connectivity index (χ0v) is 15.4. The number of carbonyl (C=O) groups is 1. The highest BCUT2D eigenvalue weighted by Crippen LogP contribution is 2.39. The minimum Gasteiger partial charge on any atom is -0.311 e. The van der Waals surface area contributed by atoms with Crippen LogP contribution in [0.4, 0.5) is 9.18 Å². The van der Waals surface area contributed by atoms with Gasteiger partial charge in [0.05, 0.1) is 11.8 Å². The summed E-state index contributed by atoms with van der Waals surface area (Å²) in [6.45, 7) is 2.66. The second kappa shape index (κ2) is 7.32. The number of rotatable bonds is 7. The van der Waals surface area contributed by atoms with Gasteiger partial charge in [-0.2, -0.15) is 0 Å². The van der Waals surface area contributed by atoms with Gasteiger partial charge in [0.2, 0.25) is 10.0 Å². The monoisotopic (exact) mass is 368 g/mol. The van der Waals surface area contributed by atoms with E-state index in [2.05, 4.69) is 6.92 Å². The van der Waals surface area contributed by atoms with E-state index in [9.17, 15) is 17.6 Å². The lowest BCUT2D eigenvalue weighted by molar-refractivity contribution is 0.156. The van der Waals surface area contributed by atoms with Crippen LogP contribution in [0.25, 0.3) is 0 Å². The molecule has 2 aliphatic heterocycles. The molecule has 3 rings (SSSR count). The highest BCUT2D eigenvalue weighted by Gasteiger charge is 2.46. The SMILES string of the molecule is CCCCCCCCN1C(=O)N2Cc3cc(F)ccc3C2CS1(=O)=O. The summed E-state index contributed by atoms with van der Waals surface area (Å²) in [6, 6.07) is 3.35. The molecule has 0 aliphatic carbocycles. The summed E-state index contributed by atoms with van der Waals surface area (Å²) in [7, 11) is -3.63. The van der Waals surface area contributed by atoms with Crippen molar-refractivity contribution >= 4 is 16.1 Å². The van der Waals surface area contributed by atoms with Gasteiger partial charge in [-0.1, -0.05) is 45.1 Å². The molecular weight excluding hydrogens is 343 g/mol. The fourth-order valence-electron chi connectivity index (χ4n) is 3.70. The number of unbranched alkanes of at least 4 members (excludes halogenated alkanes) is 5. The first kappa shape index (κ1) is 18.2. The van der Waals surface area contributed by atoms with Crippen LogP contribution >= 0.6 is 0 Å². The van der Waals surface area contributed by atoms with Crippen LogP contribution in [0, 0.1) is 5.82 Å². The first-order valence-corrected chi connectivity index (χ1v) is 10.6. The number of benzene rings is 1. The smallest absolute Gasteiger partial charge is 0.311 e. The molecular formula is C18H25FN2O3S. The van der Waals surface area contributed by atoms with Crippen molar-refractivity contribution in [1.29, 1.82) is 0 Å². The third-order valence-electron chi connectivity index (χ3n) is 5.06. The molecule has 0 saturated carbocycles. The quantitative estimate of drug-likeness (QED) is 0.688. The summed E-state index contributed by atoms with van der Waals surface area (Å²) in [5, 5.41) is 0. The number of urea groups is 1. The topological polar surface area (TPSA) is 57.7 Å². The van der Waals surface area contributed by atoms with Gasteiger partial charge >= 0.3 is 6.03 Å². The Morgan fingerprint density at radius 1 is 1.16 bits per heavy atom. The van der Waals surface area contributed by atoms with E-state index < -0.39 is 22.1 Å². The molecule has 2 amide bonds. The van der Waals surface area contributed by atoms with Gasteiger partial charge in [0.1, 0.15) is 5.82 Å². The minimum absolute atomic E-state index is 0.118. The van der Waals surface area contributed by atoms with Crippen molar-refractivity contribution in [2.24, 2.45) is 0 Å². The van der Waals surface area contributed by atoms with E-state index in [1.54, 1.807) is 11.0 Å². The third kappa shape index (κ3) is 3.66. The molecule has 1 fully saturated rings. The normalized spacial score (nSPS) is 21.4. The zero-order valence-electron chi connectivity index (χ0n) is 14.6. The van der Waals surface area contributed by atoms with E-state index in [1.165, 1.54) is 18.6 Å². The fourth-order valence-corrected chi connectivity index (χ4v) is 5.39. The summed E-state index contributed by atoms with van der Waals surface area (Å²) in [5.74, 6) is -0.481. The molecule has 138 valence electrons.